The van der Waals surface area contributed by atoms with E-state index < -0.39 is 5.91 Å². The van der Waals surface area contributed by atoms with Crippen LogP contribution in [-0.2, 0) is 6.54 Å². The molecule has 0 unspecified atom stereocenters. The summed E-state index contributed by atoms with van der Waals surface area (Å²) in [7, 11) is 1.60. The van der Waals surface area contributed by atoms with Crippen LogP contribution >= 0.6 is 0 Å². The second-order valence-electron chi connectivity index (χ2n) is 5.89. The Balaban J connectivity index is 1.87. The Hall–Kier alpha value is -3.48. The van der Waals surface area contributed by atoms with Gasteiger partial charge in [-0.15, -0.1) is 0 Å². The fourth-order valence-electron chi connectivity index (χ4n) is 2.67. The maximum atomic E-state index is 12.6. The first-order valence-corrected chi connectivity index (χ1v) is 8.61. The van der Waals surface area contributed by atoms with Crippen LogP contribution in [0.15, 0.2) is 58.4 Å². The molecular formula is C20H20N4O3. The SMILES string of the molecule is CCCn1nc(C(=O)N/N=C/c2ccc(OC)cc2)c2ccccc2c1=O. The summed E-state index contributed by atoms with van der Waals surface area (Å²) in [4.78, 5) is 25.1. The molecular weight excluding hydrogens is 344 g/mol. The largest absolute Gasteiger partial charge is 0.497 e. The van der Waals surface area contributed by atoms with Crippen molar-refractivity contribution >= 4 is 22.9 Å². The topological polar surface area (TPSA) is 85.6 Å². The first kappa shape index (κ1) is 18.3. The van der Waals surface area contributed by atoms with Gasteiger partial charge in [0.15, 0.2) is 5.69 Å². The van der Waals surface area contributed by atoms with Gasteiger partial charge in [-0.1, -0.05) is 25.1 Å². The summed E-state index contributed by atoms with van der Waals surface area (Å²) in [6.45, 7) is 2.39. The lowest BCUT2D eigenvalue weighted by Crippen LogP contribution is -2.29. The molecule has 138 valence electrons. The van der Waals surface area contributed by atoms with Gasteiger partial charge in [-0.2, -0.15) is 10.2 Å². The quantitative estimate of drug-likeness (QED) is 0.538. The van der Waals surface area contributed by atoms with Crippen molar-refractivity contribution in [1.29, 1.82) is 0 Å². The number of hydrogen-bond acceptors (Lipinski definition) is 5. The Bertz CT molecular complexity index is 1040. The summed E-state index contributed by atoms with van der Waals surface area (Å²) in [5.74, 6) is 0.269. The summed E-state index contributed by atoms with van der Waals surface area (Å²) in [6.07, 6.45) is 2.27. The first-order valence-electron chi connectivity index (χ1n) is 8.61. The van der Waals surface area contributed by atoms with Crippen LogP contribution in [0.4, 0.5) is 0 Å². The minimum atomic E-state index is -0.471. The van der Waals surface area contributed by atoms with E-state index >= 15 is 0 Å². The third kappa shape index (κ3) is 4.03. The summed E-state index contributed by atoms with van der Waals surface area (Å²) in [5, 5.41) is 9.20. The summed E-state index contributed by atoms with van der Waals surface area (Å²) >= 11 is 0. The predicted octanol–water partition coefficient (Wildman–Crippen LogP) is 2.58. The Morgan fingerprint density at radius 2 is 1.89 bits per heavy atom. The highest BCUT2D eigenvalue weighted by atomic mass is 16.5. The molecule has 0 aliphatic heterocycles. The minimum absolute atomic E-state index is 0.172. The number of benzene rings is 2. The second-order valence-corrected chi connectivity index (χ2v) is 5.89. The number of aryl methyl sites for hydroxylation is 1. The number of amides is 1. The van der Waals surface area contributed by atoms with Gasteiger partial charge in [-0.3, -0.25) is 9.59 Å². The maximum Gasteiger partial charge on any atom is 0.292 e. The summed E-state index contributed by atoms with van der Waals surface area (Å²) in [6, 6.07) is 14.2. The van der Waals surface area contributed by atoms with Gasteiger partial charge < -0.3 is 4.74 Å². The molecule has 0 atom stereocenters. The van der Waals surface area contributed by atoms with Crippen molar-refractivity contribution in [2.75, 3.05) is 7.11 Å². The van der Waals surface area contributed by atoms with Crippen LogP contribution in [0, 0.1) is 0 Å². The Morgan fingerprint density at radius 1 is 1.19 bits per heavy atom. The van der Waals surface area contributed by atoms with Gasteiger partial charge in [0.05, 0.1) is 18.7 Å². The fraction of sp³-hybridized carbons (Fsp3) is 0.200. The number of carbonyl (C=O) groups is 1. The number of rotatable bonds is 6. The van der Waals surface area contributed by atoms with Crippen LogP contribution in [0.2, 0.25) is 0 Å². The van der Waals surface area contributed by atoms with Crippen LogP contribution in [0.25, 0.3) is 10.8 Å². The van der Waals surface area contributed by atoms with Gasteiger partial charge >= 0.3 is 0 Å². The van der Waals surface area contributed by atoms with E-state index in [-0.39, 0.29) is 11.3 Å². The molecule has 0 spiro atoms. The Labute approximate surface area is 156 Å². The smallest absolute Gasteiger partial charge is 0.292 e. The third-order valence-corrected chi connectivity index (χ3v) is 4.01. The Morgan fingerprint density at radius 3 is 2.56 bits per heavy atom. The molecule has 3 rings (SSSR count). The molecule has 0 aliphatic carbocycles. The van der Waals surface area contributed by atoms with E-state index in [0.717, 1.165) is 17.7 Å². The van der Waals surface area contributed by atoms with E-state index in [9.17, 15) is 9.59 Å². The molecule has 0 radical (unpaired) electrons. The van der Waals surface area contributed by atoms with Gasteiger partial charge in [-0.05, 0) is 42.3 Å². The number of nitrogens with one attached hydrogen (secondary N) is 1. The lowest BCUT2D eigenvalue weighted by molar-refractivity contribution is 0.0949. The molecule has 3 aromatic rings. The van der Waals surface area contributed by atoms with Crippen molar-refractivity contribution in [1.82, 2.24) is 15.2 Å². The number of carbonyl (C=O) groups excluding carboxylic acids is 1. The van der Waals surface area contributed by atoms with Gasteiger partial charge in [0.25, 0.3) is 11.5 Å². The van der Waals surface area contributed by atoms with Crippen molar-refractivity contribution in [3.8, 4) is 5.75 Å². The molecule has 0 bridgehead atoms. The summed E-state index contributed by atoms with van der Waals surface area (Å²) in [5.41, 5.74) is 3.26. The average molecular weight is 364 g/mol. The number of ether oxygens (including phenoxy) is 1. The van der Waals surface area contributed by atoms with E-state index in [0.29, 0.717) is 17.3 Å². The lowest BCUT2D eigenvalue weighted by atomic mass is 10.1. The predicted molar refractivity (Wildman–Crippen MR) is 104 cm³/mol. The van der Waals surface area contributed by atoms with Gasteiger partial charge in [0, 0.05) is 11.9 Å². The zero-order valence-corrected chi connectivity index (χ0v) is 15.2. The first-order chi connectivity index (χ1) is 13.1. The number of hydrogen-bond donors (Lipinski definition) is 1. The van der Waals surface area contributed by atoms with Gasteiger partial charge in [0.1, 0.15) is 5.75 Å². The zero-order valence-electron chi connectivity index (χ0n) is 15.2. The molecule has 0 saturated carbocycles. The van der Waals surface area contributed by atoms with Crippen molar-refractivity contribution in [3.05, 3.63) is 70.1 Å². The minimum Gasteiger partial charge on any atom is -0.497 e. The lowest BCUT2D eigenvalue weighted by Gasteiger charge is -2.09. The van der Waals surface area contributed by atoms with Crippen LogP contribution in [0.5, 0.6) is 5.75 Å². The molecule has 0 aliphatic rings. The van der Waals surface area contributed by atoms with E-state index in [1.165, 1.54) is 10.9 Å². The highest BCUT2D eigenvalue weighted by Gasteiger charge is 2.15. The zero-order chi connectivity index (χ0) is 19.2. The number of aromatic nitrogens is 2. The van der Waals surface area contributed by atoms with Crippen LogP contribution in [-0.4, -0.2) is 29.0 Å². The average Bonchev–Trinajstić information content (AvgIpc) is 2.70. The highest BCUT2D eigenvalue weighted by molar-refractivity contribution is 6.04. The van der Waals surface area contributed by atoms with Gasteiger partial charge in [-0.25, -0.2) is 10.1 Å². The standard InChI is InChI=1S/C20H20N4O3/c1-3-12-24-20(26)17-7-5-4-6-16(17)18(23-24)19(25)22-21-13-14-8-10-15(27-2)11-9-14/h4-11,13H,3,12H2,1-2H3,(H,22,25)/b21-13+. The van der Waals surface area contributed by atoms with E-state index in [4.69, 9.17) is 4.74 Å². The van der Waals surface area contributed by atoms with Crippen molar-refractivity contribution in [2.24, 2.45) is 5.10 Å². The molecule has 7 nitrogen and oxygen atoms in total. The number of methoxy groups -OCH3 is 1. The second kappa shape index (κ2) is 8.27. The number of nitrogens with zero attached hydrogens (tertiary/aromatic N) is 3. The van der Waals surface area contributed by atoms with Gasteiger partial charge in [0.2, 0.25) is 0 Å². The molecule has 27 heavy (non-hydrogen) atoms. The molecule has 1 aromatic heterocycles. The highest BCUT2D eigenvalue weighted by Crippen LogP contribution is 2.13. The van der Waals surface area contributed by atoms with Crippen molar-refractivity contribution < 1.29 is 9.53 Å². The molecule has 7 heteroatoms. The fourth-order valence-corrected chi connectivity index (χ4v) is 2.67. The monoisotopic (exact) mass is 364 g/mol. The molecule has 0 saturated heterocycles. The van der Waals surface area contributed by atoms with Crippen LogP contribution in [0.1, 0.15) is 29.4 Å². The van der Waals surface area contributed by atoms with Crippen molar-refractivity contribution in [3.63, 3.8) is 0 Å². The van der Waals surface area contributed by atoms with E-state index in [1.54, 1.807) is 43.5 Å². The van der Waals surface area contributed by atoms with Crippen LogP contribution < -0.4 is 15.7 Å². The maximum absolute atomic E-state index is 12.6. The van der Waals surface area contributed by atoms with E-state index in [2.05, 4.69) is 15.6 Å². The Kier molecular flexibility index (Phi) is 5.61. The molecule has 1 heterocycles. The molecule has 2 aromatic carbocycles. The summed E-state index contributed by atoms with van der Waals surface area (Å²) < 4.78 is 6.42. The van der Waals surface area contributed by atoms with E-state index in [1.807, 2.05) is 19.1 Å². The normalized spacial score (nSPS) is 11.0. The molecule has 1 amide bonds. The van der Waals surface area contributed by atoms with Crippen LogP contribution in [0.3, 0.4) is 0 Å². The molecule has 1 N–H and O–H groups in total. The number of fused-ring (bicyclic) bond motifs is 1. The number of hydrazone groups is 1. The molecule has 0 fully saturated rings. The van der Waals surface area contributed by atoms with Crippen molar-refractivity contribution in [2.45, 2.75) is 19.9 Å². The third-order valence-electron chi connectivity index (χ3n) is 4.01.